The number of rotatable bonds is 22. The van der Waals surface area contributed by atoms with E-state index in [4.69, 9.17) is 72.2 Å². The van der Waals surface area contributed by atoms with E-state index in [0.29, 0.717) is 142 Å². The first-order valence-corrected chi connectivity index (χ1v) is 43.4. The van der Waals surface area contributed by atoms with Crippen molar-refractivity contribution in [2.45, 2.75) is 31.7 Å². The van der Waals surface area contributed by atoms with E-state index in [0.717, 1.165) is 90.5 Å². The van der Waals surface area contributed by atoms with Gasteiger partial charge in [0, 0.05) is 84.4 Å². The van der Waals surface area contributed by atoms with Crippen LogP contribution in [-0.4, -0.2) is 200 Å². The summed E-state index contributed by atoms with van der Waals surface area (Å²) in [4.78, 5) is 57.5. The molecule has 0 fully saturated rings. The fraction of sp³-hybridized carbons (Fsp3) is 0.169. The number of alkyl halides is 6. The SMILES string of the molecule is CC(NC(=O)COc1ccc(-c2nc(Nc3ccc4[nH]ncc4c3Cl)n(C)n2)cc1)C(F)(F)F.COC(=O)c1ccc(-c2nc(Nc3ccc4[nH]ncc4c3Cl)n(C)n2)cc1.Cn1nc(-c2ccc(C(=O)NCC(F)(F)F)cc2)nc1Nc1ccc2[nH]ncc2c1Cl.Cn1nc(-c2ccccc2O)nc1Nc1ccc2[nH]ncc2c1Cl.Cn1nc(C2=CCOCC2)nc1Nc1ccc2[nH]ncc2c1Cl. The lowest BCUT2D eigenvalue weighted by molar-refractivity contribution is -0.158. The first-order valence-electron chi connectivity index (χ1n) is 41.5. The normalized spacial score (nSPS) is 12.2. The quantitative estimate of drug-likeness (QED) is 0.0221. The number of nitrogens with one attached hydrogen (secondary N) is 12. The summed E-state index contributed by atoms with van der Waals surface area (Å²) in [7, 11) is 10.2. The number of carbonyl (C=O) groups excluding carboxylic acids is 3. The lowest BCUT2D eigenvalue weighted by Gasteiger charge is -2.17. The minimum absolute atomic E-state index is 0.0995. The number of amides is 2. The molecule has 0 saturated carbocycles. The average Bonchev–Trinajstić information content (AvgIpc) is 1.68. The molecule has 1 aliphatic rings. The molecule has 10 aromatic heterocycles. The highest BCUT2D eigenvalue weighted by atomic mass is 35.5. The van der Waals surface area contributed by atoms with E-state index in [1.54, 1.807) is 169 Å². The third-order valence-corrected chi connectivity index (χ3v) is 23.0. The van der Waals surface area contributed by atoms with Crippen LogP contribution >= 0.6 is 58.0 Å². The molecule has 0 aliphatic carbocycles. The van der Waals surface area contributed by atoms with Crippen molar-refractivity contribution >= 4 is 194 Å². The number of hydrogen-bond acceptors (Lipinski definition) is 27. The Morgan fingerprint density at radius 3 is 1.14 bits per heavy atom. The number of para-hydroxylation sites is 1. The third kappa shape index (κ3) is 22.5. The van der Waals surface area contributed by atoms with Crippen LogP contribution < -0.4 is 42.0 Å². The molecular weight excluding hydrogens is 1920 g/mol. The molecule has 1 aliphatic heterocycles. The Kier molecular flexibility index (Phi) is 28.7. The Labute approximate surface area is 805 Å². The van der Waals surface area contributed by atoms with Gasteiger partial charge >= 0.3 is 18.3 Å². The van der Waals surface area contributed by atoms with Crippen molar-refractivity contribution in [3.05, 3.63) is 237 Å². The van der Waals surface area contributed by atoms with Crippen molar-refractivity contribution in [2.75, 3.05) is 60.1 Å². The van der Waals surface area contributed by atoms with Gasteiger partial charge in [0.1, 0.15) is 24.1 Å². The predicted molar refractivity (Wildman–Crippen MR) is 513 cm³/mol. The molecule has 0 spiro atoms. The second kappa shape index (κ2) is 41.5. The molecule has 20 rings (SSSR count). The molecule has 0 bridgehead atoms. The van der Waals surface area contributed by atoms with Gasteiger partial charge < -0.3 is 56.5 Å². The highest BCUT2D eigenvalue weighted by Gasteiger charge is 2.37. The number of H-pyrrole nitrogens is 5. The summed E-state index contributed by atoms with van der Waals surface area (Å²) < 4.78 is 97.6. The summed E-state index contributed by atoms with van der Waals surface area (Å²) in [5, 5.41) is 92.4. The molecule has 0 saturated heterocycles. The van der Waals surface area contributed by atoms with Gasteiger partial charge in [-0.15, -0.1) is 25.5 Å². The van der Waals surface area contributed by atoms with Crippen LogP contribution in [0.4, 0.5) is 84.5 Å². The molecule has 0 radical (unpaired) electrons. The largest absolute Gasteiger partial charge is 0.507 e. The lowest BCUT2D eigenvalue weighted by atomic mass is 10.1. The Balaban J connectivity index is 0.000000126. The van der Waals surface area contributed by atoms with Gasteiger partial charge in [0.15, 0.2) is 35.7 Å². The van der Waals surface area contributed by atoms with Crippen LogP contribution in [0.1, 0.15) is 39.9 Å². The molecule has 712 valence electrons. The molecule has 11 heterocycles. The molecule has 2 amide bonds. The number of fused-ring (bicyclic) bond motifs is 5. The monoisotopic (exact) mass is 1990 g/mol. The maximum Gasteiger partial charge on any atom is 0.408 e. The van der Waals surface area contributed by atoms with Gasteiger partial charge in [-0.2, -0.15) is 76.8 Å². The summed E-state index contributed by atoms with van der Waals surface area (Å²) in [6.45, 7) is 0.240. The molecule has 139 heavy (non-hydrogen) atoms. The Morgan fingerprint density at radius 1 is 0.453 bits per heavy atom. The third-order valence-electron chi connectivity index (χ3n) is 21.0. The van der Waals surface area contributed by atoms with Crippen molar-refractivity contribution in [2.24, 2.45) is 35.2 Å². The Morgan fingerprint density at radius 2 is 0.791 bits per heavy atom. The number of phenols is 1. The second-order valence-corrected chi connectivity index (χ2v) is 32.4. The molecule has 50 heteroatoms. The molecule has 1 unspecified atom stereocenters. The van der Waals surface area contributed by atoms with E-state index in [-0.39, 0.29) is 17.3 Å². The number of aromatic amines is 5. The van der Waals surface area contributed by atoms with Gasteiger partial charge in [-0.3, -0.25) is 35.1 Å². The first kappa shape index (κ1) is 95.9. The van der Waals surface area contributed by atoms with Crippen LogP contribution in [0.3, 0.4) is 0 Å². The van der Waals surface area contributed by atoms with E-state index in [1.807, 2.05) is 78.4 Å². The number of aromatic hydroxyl groups is 1. The lowest BCUT2D eigenvalue weighted by Crippen LogP contribution is -2.44. The van der Waals surface area contributed by atoms with E-state index in [2.05, 4.69) is 128 Å². The minimum atomic E-state index is -4.52. The van der Waals surface area contributed by atoms with Crippen LogP contribution in [0.5, 0.6) is 11.5 Å². The number of hydrogen-bond donors (Lipinski definition) is 13. The van der Waals surface area contributed by atoms with Gasteiger partial charge in [-0.05, 0) is 140 Å². The van der Waals surface area contributed by atoms with E-state index in [1.165, 1.54) is 23.9 Å². The first-order chi connectivity index (χ1) is 66.7. The summed E-state index contributed by atoms with van der Waals surface area (Å²) in [5.41, 5.74) is 11.9. The standard InChI is InChI=1S/C21H19ClF3N7O2.C19H15ClF3N7O.C18H15ClN6O2.C16H13ClN6O.C15H15ClN6O/c1-11(21(23,24)25)27-17(33)10-34-13-5-3-12(4-6-13)19-29-20(32(2)31-19)28-16-8-7-15-14(18(16)22)9-26-30-15;1-30-18(26-14-7-6-13-12(15(14)20)8-25-28-13)27-16(29-30)10-2-4-11(5-3-10)17(31)24-9-19(21,22)23;1-25-18(21-14-8-7-13-12(15(14)19)9-20-23-13)22-16(24-25)10-3-5-11(6-4-10)17(26)27-2;1-23-16(20-15(22-23)9-4-2-3-5-13(9)24)19-12-7-6-11-10(14(12)17)8-18-21-11;1-22-15(19-14(21-22)9-4-6-23-7-5-9)18-12-3-2-11-10(13(12)16)8-17-20-11/h3-9,11H,10H2,1-2H3,(H,26,30)(H,27,33)(H,28,29,31);2-8H,9H2,1H3,(H,24,31)(H,25,28)(H,26,27,29);3-9H,1-2H3,(H,20,23)(H,21,22,24);2-8,24H,1H3,(H,18,21)(H,19,20,22);2-4,8H,5-7H2,1H3,(H,17,20)(H,18,19,21). The number of ether oxygens (including phenoxy) is 3. The minimum Gasteiger partial charge on any atom is -0.507 e. The number of esters is 1. The number of halogens is 11. The number of benzene rings is 9. The van der Waals surface area contributed by atoms with Gasteiger partial charge in [-0.25, -0.2) is 28.2 Å². The number of phenolic OH excluding ortho intramolecular Hbond substituents is 1. The van der Waals surface area contributed by atoms with Crippen LogP contribution in [0.15, 0.2) is 195 Å². The molecular formula is C89H77Cl5F6N32O7. The Bertz CT molecular complexity index is 7720. The van der Waals surface area contributed by atoms with Gasteiger partial charge in [0.2, 0.25) is 29.7 Å². The van der Waals surface area contributed by atoms with Crippen molar-refractivity contribution in [3.8, 4) is 57.1 Å². The van der Waals surface area contributed by atoms with Crippen molar-refractivity contribution in [1.29, 1.82) is 0 Å². The van der Waals surface area contributed by atoms with Crippen LogP contribution in [0.2, 0.25) is 25.1 Å². The fourth-order valence-corrected chi connectivity index (χ4v) is 14.9. The van der Waals surface area contributed by atoms with Gasteiger partial charge in [0.25, 0.3) is 11.8 Å². The molecule has 9 aromatic carbocycles. The second-order valence-electron chi connectivity index (χ2n) is 30.5. The highest BCUT2D eigenvalue weighted by molar-refractivity contribution is 6.40. The van der Waals surface area contributed by atoms with Gasteiger partial charge in [0.05, 0.1) is 144 Å². The summed E-state index contributed by atoms with van der Waals surface area (Å²) in [6, 6.07) is 42.9. The number of carbonyl (C=O) groups is 3. The number of anilines is 10. The van der Waals surface area contributed by atoms with Crippen molar-refractivity contribution < 1.29 is 60.0 Å². The number of aryl methyl sites for hydroxylation is 5. The van der Waals surface area contributed by atoms with Crippen LogP contribution in [-0.2, 0) is 49.5 Å². The summed E-state index contributed by atoms with van der Waals surface area (Å²) >= 11 is 32.2. The fourth-order valence-electron chi connectivity index (χ4n) is 13.6. The maximum absolute atomic E-state index is 12.5. The molecule has 13 N–H and O–H groups in total. The molecule has 1 atom stereocenters. The number of methoxy groups -OCH3 is 1. The number of aromatic nitrogens is 25. The molecule has 19 aromatic rings. The van der Waals surface area contributed by atoms with E-state index < -0.39 is 43.4 Å². The van der Waals surface area contributed by atoms with Gasteiger partial charge in [-0.1, -0.05) is 100 Å². The summed E-state index contributed by atoms with van der Waals surface area (Å²) in [6.07, 6.45) is 2.17. The van der Waals surface area contributed by atoms with Crippen LogP contribution in [0, 0.1) is 0 Å². The zero-order valence-corrected chi connectivity index (χ0v) is 77.4. The van der Waals surface area contributed by atoms with Crippen molar-refractivity contribution in [1.82, 2.24) is 135 Å². The topological polar surface area (TPSA) is 480 Å². The average molecular weight is 2000 g/mol. The zero-order chi connectivity index (χ0) is 98.1. The van der Waals surface area contributed by atoms with Crippen LogP contribution in [0.25, 0.3) is 106 Å². The predicted octanol–water partition coefficient (Wildman–Crippen LogP) is 18.1. The zero-order valence-electron chi connectivity index (χ0n) is 73.6. The summed E-state index contributed by atoms with van der Waals surface area (Å²) in [5.74, 6) is 3.40. The smallest absolute Gasteiger partial charge is 0.408 e. The van der Waals surface area contributed by atoms with Crippen molar-refractivity contribution in [3.63, 3.8) is 0 Å². The molecule has 39 nitrogen and oxygen atoms in total. The highest BCUT2D eigenvalue weighted by Crippen LogP contribution is 2.40. The van der Waals surface area contributed by atoms with E-state index in [9.17, 15) is 45.8 Å². The number of nitrogens with zero attached hydrogens (tertiary/aromatic N) is 20. The Hall–Kier alpha value is -16.2. The van der Waals surface area contributed by atoms with E-state index >= 15 is 0 Å². The maximum atomic E-state index is 12.5.